The zero-order chi connectivity index (χ0) is 8.20. The van der Waals surface area contributed by atoms with E-state index in [0.29, 0.717) is 6.42 Å². The number of carbonyl (C=O) groups is 1. The Morgan fingerprint density at radius 3 is 2.09 bits per heavy atom. The van der Waals surface area contributed by atoms with E-state index < -0.39 is 0 Å². The largest absolute Gasteiger partial charge is 1.00 e. The van der Waals surface area contributed by atoms with Crippen LogP contribution in [0.4, 0.5) is 0 Å². The molecule has 3 nitrogen and oxygen atoms in total. The van der Waals surface area contributed by atoms with E-state index in [-0.39, 0.29) is 18.3 Å². The molecule has 0 saturated carbocycles. The fourth-order valence-corrected chi connectivity index (χ4v) is 0.728. The SMILES string of the molecule is C[N+](C)(C)CCCC(N)=O.[Cl-]. The Hall–Kier alpha value is -0.280. The minimum absolute atomic E-state index is 0. The van der Waals surface area contributed by atoms with Crippen molar-refractivity contribution in [2.24, 2.45) is 5.73 Å². The summed E-state index contributed by atoms with van der Waals surface area (Å²) in [5, 5.41) is 0. The van der Waals surface area contributed by atoms with Crippen LogP contribution in [-0.2, 0) is 4.79 Å². The van der Waals surface area contributed by atoms with Gasteiger partial charge in [0.1, 0.15) is 0 Å². The smallest absolute Gasteiger partial charge is 0.217 e. The maximum atomic E-state index is 10.3. The lowest BCUT2D eigenvalue weighted by molar-refractivity contribution is -0.870. The fraction of sp³-hybridized carbons (Fsp3) is 0.857. The normalized spacial score (nSPS) is 10.5. The Balaban J connectivity index is 0. The van der Waals surface area contributed by atoms with Crippen LogP contribution in [0.5, 0.6) is 0 Å². The van der Waals surface area contributed by atoms with Crippen LogP contribution in [0.15, 0.2) is 0 Å². The van der Waals surface area contributed by atoms with E-state index in [4.69, 9.17) is 5.73 Å². The van der Waals surface area contributed by atoms with E-state index in [2.05, 4.69) is 21.1 Å². The van der Waals surface area contributed by atoms with Gasteiger partial charge in [-0.25, -0.2) is 0 Å². The van der Waals surface area contributed by atoms with Crippen LogP contribution in [0.1, 0.15) is 12.8 Å². The molecule has 0 aromatic heterocycles. The van der Waals surface area contributed by atoms with Gasteiger partial charge in [-0.2, -0.15) is 0 Å². The van der Waals surface area contributed by atoms with Gasteiger partial charge >= 0.3 is 0 Å². The second-order valence-electron chi connectivity index (χ2n) is 3.58. The number of rotatable bonds is 4. The second kappa shape index (κ2) is 5.38. The molecule has 0 saturated heterocycles. The summed E-state index contributed by atoms with van der Waals surface area (Å²) in [5.41, 5.74) is 4.98. The van der Waals surface area contributed by atoms with E-state index in [0.717, 1.165) is 17.4 Å². The van der Waals surface area contributed by atoms with Crippen LogP contribution >= 0.6 is 0 Å². The third-order valence-corrected chi connectivity index (χ3v) is 1.25. The first kappa shape index (κ1) is 13.3. The van der Waals surface area contributed by atoms with Crippen molar-refractivity contribution in [1.29, 1.82) is 0 Å². The predicted molar refractivity (Wildman–Crippen MR) is 41.3 cm³/mol. The molecular weight excluding hydrogens is 164 g/mol. The molecule has 0 aliphatic heterocycles. The zero-order valence-corrected chi connectivity index (χ0v) is 8.19. The van der Waals surface area contributed by atoms with Gasteiger partial charge in [0.2, 0.25) is 5.91 Å². The highest BCUT2D eigenvalue weighted by Gasteiger charge is 2.06. The minimum atomic E-state index is -0.201. The van der Waals surface area contributed by atoms with Crippen LogP contribution in [0.25, 0.3) is 0 Å². The highest BCUT2D eigenvalue weighted by atomic mass is 35.5. The molecule has 0 aromatic rings. The molecule has 0 aliphatic carbocycles. The lowest BCUT2D eigenvalue weighted by atomic mass is 10.3. The molecule has 0 unspecified atom stereocenters. The van der Waals surface area contributed by atoms with Crippen molar-refractivity contribution < 1.29 is 21.7 Å². The molecule has 68 valence electrons. The first-order chi connectivity index (χ1) is 4.42. The number of quaternary nitrogens is 1. The molecule has 0 rings (SSSR count). The summed E-state index contributed by atoms with van der Waals surface area (Å²) < 4.78 is 0.896. The first-order valence-corrected chi connectivity index (χ1v) is 3.50. The van der Waals surface area contributed by atoms with Crippen LogP contribution < -0.4 is 18.1 Å². The highest BCUT2D eigenvalue weighted by molar-refractivity contribution is 5.73. The third kappa shape index (κ3) is 12.8. The van der Waals surface area contributed by atoms with Crippen molar-refractivity contribution in [3.63, 3.8) is 0 Å². The Morgan fingerprint density at radius 2 is 1.82 bits per heavy atom. The maximum Gasteiger partial charge on any atom is 0.217 e. The van der Waals surface area contributed by atoms with E-state index >= 15 is 0 Å². The van der Waals surface area contributed by atoms with Gasteiger partial charge in [-0.05, 0) is 0 Å². The number of nitrogens with two attached hydrogens (primary N) is 1. The third-order valence-electron chi connectivity index (χ3n) is 1.25. The van der Waals surface area contributed by atoms with Gasteiger partial charge in [-0.15, -0.1) is 0 Å². The fourth-order valence-electron chi connectivity index (χ4n) is 0.728. The molecule has 0 fully saturated rings. The van der Waals surface area contributed by atoms with Gasteiger partial charge in [-0.3, -0.25) is 4.79 Å². The first-order valence-electron chi connectivity index (χ1n) is 3.50. The van der Waals surface area contributed by atoms with E-state index in [1.165, 1.54) is 0 Å². The lowest BCUT2D eigenvalue weighted by Gasteiger charge is -2.23. The molecule has 0 spiro atoms. The highest BCUT2D eigenvalue weighted by Crippen LogP contribution is 1.95. The molecule has 0 atom stereocenters. The van der Waals surface area contributed by atoms with Crippen molar-refractivity contribution in [3.8, 4) is 0 Å². The number of hydrogen-bond donors (Lipinski definition) is 1. The van der Waals surface area contributed by atoms with E-state index in [1.54, 1.807) is 0 Å². The Bertz CT molecular complexity index is 120. The van der Waals surface area contributed by atoms with Crippen molar-refractivity contribution in [1.82, 2.24) is 0 Å². The maximum absolute atomic E-state index is 10.3. The van der Waals surface area contributed by atoms with Gasteiger partial charge in [-0.1, -0.05) is 0 Å². The molecule has 4 heteroatoms. The second-order valence-corrected chi connectivity index (χ2v) is 3.58. The molecule has 0 aliphatic rings. The summed E-state index contributed by atoms with van der Waals surface area (Å²) in [4.78, 5) is 10.3. The summed E-state index contributed by atoms with van der Waals surface area (Å²) in [6.07, 6.45) is 1.40. The molecule has 0 aromatic carbocycles. The monoisotopic (exact) mass is 180 g/mol. The van der Waals surface area contributed by atoms with Crippen molar-refractivity contribution in [2.45, 2.75) is 12.8 Å². The van der Waals surface area contributed by atoms with Gasteiger partial charge in [0.15, 0.2) is 0 Å². The minimum Gasteiger partial charge on any atom is -1.00 e. The van der Waals surface area contributed by atoms with Crippen molar-refractivity contribution >= 4 is 5.91 Å². The molecule has 0 heterocycles. The standard InChI is InChI=1S/C7H16N2O.ClH/c1-9(2,3)6-4-5-7(8)10;/h4-6H2,1-3H3,(H-,8,10);1H. The number of amides is 1. The van der Waals surface area contributed by atoms with Gasteiger partial charge in [0.25, 0.3) is 0 Å². The van der Waals surface area contributed by atoms with Crippen molar-refractivity contribution in [3.05, 3.63) is 0 Å². The number of halogens is 1. The summed E-state index contributed by atoms with van der Waals surface area (Å²) in [6, 6.07) is 0. The van der Waals surface area contributed by atoms with Crippen LogP contribution in [0.3, 0.4) is 0 Å². The van der Waals surface area contributed by atoms with E-state index in [9.17, 15) is 4.79 Å². The molecule has 2 N–H and O–H groups in total. The zero-order valence-electron chi connectivity index (χ0n) is 7.43. The molecule has 0 bridgehead atoms. The number of carbonyl (C=O) groups excluding carboxylic acids is 1. The summed E-state index contributed by atoms with van der Waals surface area (Å²) in [6.45, 7) is 1.00. The average Bonchev–Trinajstić information content (AvgIpc) is 1.59. The Kier molecular flexibility index (Phi) is 6.52. The summed E-state index contributed by atoms with van der Waals surface area (Å²) >= 11 is 0. The van der Waals surface area contributed by atoms with Crippen LogP contribution in [-0.4, -0.2) is 38.1 Å². The van der Waals surface area contributed by atoms with Crippen LogP contribution in [0, 0.1) is 0 Å². The van der Waals surface area contributed by atoms with Gasteiger partial charge in [0, 0.05) is 12.8 Å². The topological polar surface area (TPSA) is 43.1 Å². The number of nitrogens with zero attached hydrogens (tertiary/aromatic N) is 1. The van der Waals surface area contributed by atoms with E-state index in [1.807, 2.05) is 0 Å². The average molecular weight is 181 g/mol. The predicted octanol–water partition coefficient (Wildman–Crippen LogP) is -3.04. The summed E-state index contributed by atoms with van der Waals surface area (Å²) in [7, 11) is 6.29. The van der Waals surface area contributed by atoms with Crippen LogP contribution in [0.2, 0.25) is 0 Å². The number of hydrogen-bond acceptors (Lipinski definition) is 1. The number of primary amides is 1. The summed E-state index contributed by atoms with van der Waals surface area (Å²) in [5.74, 6) is -0.201. The lowest BCUT2D eigenvalue weighted by Crippen LogP contribution is -3.00. The molecule has 0 radical (unpaired) electrons. The Morgan fingerprint density at radius 1 is 1.36 bits per heavy atom. The molecular formula is C7H17ClN2O. The Labute approximate surface area is 74.6 Å². The van der Waals surface area contributed by atoms with Crippen molar-refractivity contribution in [2.75, 3.05) is 27.7 Å². The van der Waals surface area contributed by atoms with Gasteiger partial charge in [0.05, 0.1) is 27.7 Å². The van der Waals surface area contributed by atoms with Gasteiger partial charge < -0.3 is 22.6 Å². The molecule has 11 heavy (non-hydrogen) atoms. The quantitative estimate of drug-likeness (QED) is 0.460. The molecule has 1 amide bonds.